The van der Waals surface area contributed by atoms with Gasteiger partial charge in [0, 0.05) is 16.6 Å². The zero-order valence-electron chi connectivity index (χ0n) is 9.31. The molecule has 0 spiro atoms. The number of rotatable bonds is 3. The van der Waals surface area contributed by atoms with Crippen molar-refractivity contribution >= 4 is 11.3 Å². The standard InChI is InChI=1S/C12H14N2OS/c1-8-9(5-7-16-8)11(13)10-4-3-6-14-12(10)15-2/h3-7,11H,13H2,1-2H3. The fraction of sp³-hybridized carbons (Fsp3) is 0.250. The lowest BCUT2D eigenvalue weighted by Gasteiger charge is -2.14. The molecule has 0 fully saturated rings. The molecule has 0 aromatic carbocycles. The number of aryl methyl sites for hydroxylation is 1. The summed E-state index contributed by atoms with van der Waals surface area (Å²) < 4.78 is 5.22. The Morgan fingerprint density at radius 3 is 2.81 bits per heavy atom. The van der Waals surface area contributed by atoms with Crippen LogP contribution in [0.15, 0.2) is 29.8 Å². The van der Waals surface area contributed by atoms with Crippen LogP contribution in [0.25, 0.3) is 0 Å². The third-order valence-corrected chi connectivity index (χ3v) is 3.42. The number of pyridine rings is 1. The molecule has 4 heteroatoms. The molecule has 2 aromatic rings. The molecule has 2 N–H and O–H groups in total. The van der Waals surface area contributed by atoms with E-state index in [1.165, 1.54) is 4.88 Å². The fourth-order valence-electron chi connectivity index (χ4n) is 1.70. The van der Waals surface area contributed by atoms with Crippen molar-refractivity contribution in [2.45, 2.75) is 13.0 Å². The minimum Gasteiger partial charge on any atom is -0.481 e. The lowest BCUT2D eigenvalue weighted by Crippen LogP contribution is -2.13. The maximum Gasteiger partial charge on any atom is 0.218 e. The highest BCUT2D eigenvalue weighted by Gasteiger charge is 2.16. The molecule has 16 heavy (non-hydrogen) atoms. The molecule has 0 radical (unpaired) electrons. The van der Waals surface area contributed by atoms with E-state index in [1.54, 1.807) is 24.6 Å². The molecule has 1 unspecified atom stereocenters. The lowest BCUT2D eigenvalue weighted by molar-refractivity contribution is 0.390. The van der Waals surface area contributed by atoms with Crippen LogP contribution >= 0.6 is 11.3 Å². The minimum atomic E-state index is -0.171. The van der Waals surface area contributed by atoms with Gasteiger partial charge in [-0.2, -0.15) is 0 Å². The van der Waals surface area contributed by atoms with E-state index >= 15 is 0 Å². The molecule has 0 aliphatic heterocycles. The summed E-state index contributed by atoms with van der Waals surface area (Å²) in [6, 6.07) is 5.71. The Morgan fingerprint density at radius 2 is 2.19 bits per heavy atom. The zero-order valence-corrected chi connectivity index (χ0v) is 10.1. The van der Waals surface area contributed by atoms with Crippen molar-refractivity contribution in [1.29, 1.82) is 0 Å². The Kier molecular flexibility index (Phi) is 3.22. The highest BCUT2D eigenvalue weighted by molar-refractivity contribution is 7.10. The summed E-state index contributed by atoms with van der Waals surface area (Å²) in [5, 5.41) is 2.05. The molecule has 3 nitrogen and oxygen atoms in total. The number of ether oxygens (including phenoxy) is 1. The van der Waals surface area contributed by atoms with Crippen LogP contribution in [-0.4, -0.2) is 12.1 Å². The van der Waals surface area contributed by atoms with E-state index in [-0.39, 0.29) is 6.04 Å². The Balaban J connectivity index is 2.41. The molecule has 2 rings (SSSR count). The second kappa shape index (κ2) is 4.63. The van der Waals surface area contributed by atoms with Gasteiger partial charge in [0.2, 0.25) is 5.88 Å². The van der Waals surface area contributed by atoms with Crippen LogP contribution in [0.5, 0.6) is 5.88 Å². The van der Waals surface area contributed by atoms with Gasteiger partial charge in [-0.1, -0.05) is 6.07 Å². The number of hydrogen-bond donors (Lipinski definition) is 1. The molecule has 2 heterocycles. The van der Waals surface area contributed by atoms with Crippen LogP contribution in [0, 0.1) is 6.92 Å². The average Bonchev–Trinajstić information content (AvgIpc) is 2.74. The van der Waals surface area contributed by atoms with Gasteiger partial charge in [0.05, 0.1) is 13.2 Å². The summed E-state index contributed by atoms with van der Waals surface area (Å²) in [4.78, 5) is 5.39. The molecule has 0 aliphatic rings. The van der Waals surface area contributed by atoms with Crippen molar-refractivity contribution in [3.63, 3.8) is 0 Å². The van der Waals surface area contributed by atoms with E-state index in [2.05, 4.69) is 18.0 Å². The molecule has 2 aromatic heterocycles. The van der Waals surface area contributed by atoms with Gasteiger partial charge >= 0.3 is 0 Å². The highest BCUT2D eigenvalue weighted by Crippen LogP contribution is 2.30. The molecule has 1 atom stereocenters. The van der Waals surface area contributed by atoms with Gasteiger partial charge in [0.1, 0.15) is 0 Å². The van der Waals surface area contributed by atoms with Gasteiger partial charge in [-0.05, 0) is 30.0 Å². The molecule has 0 saturated carbocycles. The van der Waals surface area contributed by atoms with Crippen LogP contribution in [0.2, 0.25) is 0 Å². The molecule has 0 amide bonds. The summed E-state index contributed by atoms with van der Waals surface area (Å²) in [7, 11) is 1.61. The maximum absolute atomic E-state index is 6.22. The van der Waals surface area contributed by atoms with Crippen molar-refractivity contribution in [3.8, 4) is 5.88 Å². The quantitative estimate of drug-likeness (QED) is 0.887. The third kappa shape index (κ3) is 1.94. The van der Waals surface area contributed by atoms with Gasteiger partial charge in [-0.15, -0.1) is 11.3 Å². The monoisotopic (exact) mass is 234 g/mol. The van der Waals surface area contributed by atoms with Crippen LogP contribution in [-0.2, 0) is 0 Å². The van der Waals surface area contributed by atoms with Crippen molar-refractivity contribution < 1.29 is 4.74 Å². The van der Waals surface area contributed by atoms with E-state index in [1.807, 2.05) is 17.5 Å². The van der Waals surface area contributed by atoms with Crippen LogP contribution < -0.4 is 10.5 Å². The Morgan fingerprint density at radius 1 is 1.38 bits per heavy atom. The smallest absolute Gasteiger partial charge is 0.218 e. The summed E-state index contributed by atoms with van der Waals surface area (Å²) in [5.74, 6) is 0.598. The largest absolute Gasteiger partial charge is 0.481 e. The first-order valence-corrected chi connectivity index (χ1v) is 5.90. The van der Waals surface area contributed by atoms with Gasteiger partial charge in [0.15, 0.2) is 0 Å². The molecule has 84 valence electrons. The fourth-order valence-corrected chi connectivity index (χ4v) is 2.45. The zero-order chi connectivity index (χ0) is 11.5. The molecule has 0 bridgehead atoms. The number of methoxy groups -OCH3 is 1. The molecular formula is C12H14N2OS. The molecule has 0 saturated heterocycles. The van der Waals surface area contributed by atoms with Crippen molar-refractivity contribution in [2.75, 3.05) is 7.11 Å². The van der Waals surface area contributed by atoms with Crippen molar-refractivity contribution in [2.24, 2.45) is 5.73 Å². The average molecular weight is 234 g/mol. The van der Waals surface area contributed by atoms with Gasteiger partial charge in [-0.25, -0.2) is 4.98 Å². The van der Waals surface area contributed by atoms with Gasteiger partial charge in [0.25, 0.3) is 0 Å². The first kappa shape index (κ1) is 11.1. The normalized spacial score (nSPS) is 12.4. The van der Waals surface area contributed by atoms with E-state index in [0.29, 0.717) is 5.88 Å². The Labute approximate surface area is 98.9 Å². The Bertz CT molecular complexity index is 481. The number of nitrogens with two attached hydrogens (primary N) is 1. The SMILES string of the molecule is COc1ncccc1C(N)c1ccsc1C. The van der Waals surface area contributed by atoms with Gasteiger partial charge < -0.3 is 10.5 Å². The third-order valence-electron chi connectivity index (χ3n) is 2.56. The predicted octanol–water partition coefficient (Wildman–Crippen LogP) is 2.51. The minimum absolute atomic E-state index is 0.171. The summed E-state index contributed by atoms with van der Waals surface area (Å²) in [6.07, 6.45) is 1.70. The van der Waals surface area contributed by atoms with E-state index in [4.69, 9.17) is 10.5 Å². The first-order chi connectivity index (χ1) is 7.74. The second-order valence-corrected chi connectivity index (χ2v) is 4.63. The summed E-state index contributed by atoms with van der Waals surface area (Å²) in [5.41, 5.74) is 8.28. The maximum atomic E-state index is 6.22. The van der Waals surface area contributed by atoms with Crippen LogP contribution in [0.3, 0.4) is 0 Å². The van der Waals surface area contributed by atoms with E-state index in [9.17, 15) is 0 Å². The number of hydrogen-bond acceptors (Lipinski definition) is 4. The first-order valence-electron chi connectivity index (χ1n) is 5.02. The van der Waals surface area contributed by atoms with Crippen LogP contribution in [0.4, 0.5) is 0 Å². The molecular weight excluding hydrogens is 220 g/mol. The topological polar surface area (TPSA) is 48.1 Å². The van der Waals surface area contributed by atoms with Gasteiger partial charge in [-0.3, -0.25) is 0 Å². The van der Waals surface area contributed by atoms with Crippen LogP contribution in [0.1, 0.15) is 22.0 Å². The number of aromatic nitrogens is 1. The lowest BCUT2D eigenvalue weighted by atomic mass is 10.0. The second-order valence-electron chi connectivity index (χ2n) is 3.51. The highest BCUT2D eigenvalue weighted by atomic mass is 32.1. The van der Waals surface area contributed by atoms with E-state index in [0.717, 1.165) is 11.1 Å². The molecule has 0 aliphatic carbocycles. The number of nitrogens with zero attached hydrogens (tertiary/aromatic N) is 1. The summed E-state index contributed by atoms with van der Waals surface area (Å²) in [6.45, 7) is 2.07. The predicted molar refractivity (Wildman–Crippen MR) is 65.9 cm³/mol. The van der Waals surface area contributed by atoms with Crippen molar-refractivity contribution in [3.05, 3.63) is 45.8 Å². The van der Waals surface area contributed by atoms with Crippen molar-refractivity contribution in [1.82, 2.24) is 4.98 Å². The van der Waals surface area contributed by atoms with E-state index < -0.39 is 0 Å². The Hall–Kier alpha value is -1.39. The summed E-state index contributed by atoms with van der Waals surface area (Å²) >= 11 is 1.70. The number of thiophene rings is 1.